The zero-order chi connectivity index (χ0) is 23.7. The molecule has 0 aromatic heterocycles. The van der Waals surface area contributed by atoms with E-state index in [4.69, 9.17) is 23.8 Å². The van der Waals surface area contributed by atoms with E-state index in [9.17, 15) is 9.59 Å². The molecule has 4 aliphatic heterocycles. The van der Waals surface area contributed by atoms with Gasteiger partial charge >= 0.3 is 0 Å². The van der Waals surface area contributed by atoms with Gasteiger partial charge in [-0.15, -0.1) is 0 Å². The molecule has 4 heterocycles. The van der Waals surface area contributed by atoms with Gasteiger partial charge in [0.2, 0.25) is 17.6 Å². The fourth-order valence-electron chi connectivity index (χ4n) is 5.77. The number of imide groups is 1. The van der Waals surface area contributed by atoms with Crippen LogP contribution in [0.4, 0.5) is 5.69 Å². The number of benzene rings is 2. The Morgan fingerprint density at radius 2 is 1.44 bits per heavy atom. The topological polar surface area (TPSA) is 95.9 Å². The number of hydrogen-bond donors (Lipinski definition) is 0. The highest BCUT2D eigenvalue weighted by Gasteiger charge is 2.72. The first-order valence-electron chi connectivity index (χ1n) is 11.1. The summed E-state index contributed by atoms with van der Waals surface area (Å²) in [6, 6.07) is 11.0. The average Bonchev–Trinajstić information content (AvgIpc) is 3.59. The number of methoxy groups -OCH3 is 3. The maximum atomic E-state index is 13.5. The number of carbonyl (C=O) groups excluding carboxylic acids is 2. The van der Waals surface area contributed by atoms with Crippen molar-refractivity contribution >= 4 is 23.2 Å². The summed E-state index contributed by atoms with van der Waals surface area (Å²) in [6.45, 7) is 1.96. The lowest BCUT2D eigenvalue weighted by molar-refractivity contribution is -0.125. The maximum Gasteiger partial charge on any atom is 0.240 e. The van der Waals surface area contributed by atoms with Gasteiger partial charge < -0.3 is 23.8 Å². The summed E-state index contributed by atoms with van der Waals surface area (Å²) in [4.78, 5) is 33.9. The summed E-state index contributed by atoms with van der Waals surface area (Å²) in [7, 11) is 4.63. The summed E-state index contributed by atoms with van der Waals surface area (Å²) in [5.41, 5.74) is 3.01. The number of ether oxygens (including phenoxy) is 4. The van der Waals surface area contributed by atoms with Crippen LogP contribution in [-0.4, -0.2) is 57.2 Å². The Balaban J connectivity index is 1.35. The second-order valence-electron chi connectivity index (χ2n) is 8.95. The zero-order valence-corrected chi connectivity index (χ0v) is 19.2. The number of anilines is 1. The van der Waals surface area contributed by atoms with Gasteiger partial charge in [0, 0.05) is 5.56 Å². The number of nitrogens with zero attached hydrogens (tertiary/aromatic N) is 2. The molecule has 34 heavy (non-hydrogen) atoms. The van der Waals surface area contributed by atoms with Crippen LogP contribution in [0.25, 0.3) is 0 Å². The molecule has 3 saturated heterocycles. The first-order valence-corrected chi connectivity index (χ1v) is 11.1. The number of oxime groups is 1. The van der Waals surface area contributed by atoms with Crippen molar-refractivity contribution in [3.63, 3.8) is 0 Å². The lowest BCUT2D eigenvalue weighted by Gasteiger charge is -2.26. The molecule has 0 radical (unpaired) electrons. The summed E-state index contributed by atoms with van der Waals surface area (Å²) >= 11 is 0. The van der Waals surface area contributed by atoms with Crippen molar-refractivity contribution in [1.29, 1.82) is 0 Å². The maximum absolute atomic E-state index is 13.5. The van der Waals surface area contributed by atoms with Gasteiger partial charge in [-0.2, -0.15) is 0 Å². The smallest absolute Gasteiger partial charge is 0.240 e. The van der Waals surface area contributed by atoms with Gasteiger partial charge in [-0.05, 0) is 31.2 Å². The number of carbonyl (C=O) groups is 2. The Bertz CT molecular complexity index is 1200. The van der Waals surface area contributed by atoms with Crippen molar-refractivity contribution in [3.05, 3.63) is 47.5 Å². The van der Waals surface area contributed by atoms with E-state index in [2.05, 4.69) is 5.16 Å². The lowest BCUT2D eigenvalue weighted by atomic mass is 9.71. The van der Waals surface area contributed by atoms with Crippen molar-refractivity contribution in [2.45, 2.75) is 25.2 Å². The second-order valence-corrected chi connectivity index (χ2v) is 8.95. The van der Waals surface area contributed by atoms with Crippen LogP contribution in [0.15, 0.2) is 41.6 Å². The fraction of sp³-hybridized carbons (Fsp3) is 0.400. The highest BCUT2D eigenvalue weighted by molar-refractivity contribution is 6.23. The highest BCUT2D eigenvalue weighted by atomic mass is 16.7. The van der Waals surface area contributed by atoms with E-state index in [0.29, 0.717) is 28.6 Å². The molecule has 9 nitrogen and oxygen atoms in total. The van der Waals surface area contributed by atoms with Crippen LogP contribution < -0.4 is 19.1 Å². The van der Waals surface area contributed by atoms with Gasteiger partial charge in [0.25, 0.3) is 0 Å². The van der Waals surface area contributed by atoms with Gasteiger partial charge in [-0.1, -0.05) is 22.9 Å². The molecule has 2 aromatic rings. The van der Waals surface area contributed by atoms with Crippen LogP contribution in [0.3, 0.4) is 0 Å². The molecule has 4 aliphatic rings. The standard InChI is InChI=1S/C25H24N2O7/c1-11-5-7-13(8-6-11)27-24(28)16-17(25(27)29)22-23-18(21(16)33-22)19(26-34-23)12-9-14(30-2)20(32-4)15(10-12)31-3/h5-10,16-18,21-23H,1-4H3/t16-,17+,18-,21-,22+,23-/m1/s1. The summed E-state index contributed by atoms with van der Waals surface area (Å²) in [6.07, 6.45) is -1.47. The molecule has 6 rings (SSSR count). The largest absolute Gasteiger partial charge is 0.493 e. The predicted octanol–water partition coefficient (Wildman–Crippen LogP) is 2.33. The molecule has 0 aliphatic carbocycles. The molecular weight excluding hydrogens is 440 g/mol. The molecule has 6 atom stereocenters. The molecule has 0 unspecified atom stereocenters. The van der Waals surface area contributed by atoms with E-state index in [1.807, 2.05) is 19.1 Å². The minimum absolute atomic E-state index is 0.235. The first kappa shape index (κ1) is 21.0. The third-order valence-electron chi connectivity index (χ3n) is 7.29. The Labute approximate surface area is 196 Å². The first-order chi connectivity index (χ1) is 16.5. The molecule has 0 N–H and O–H groups in total. The predicted molar refractivity (Wildman–Crippen MR) is 120 cm³/mol. The highest BCUT2D eigenvalue weighted by Crippen LogP contribution is 2.55. The SMILES string of the molecule is COc1cc(C2=NO[C@H]3[C@H]4O[C@@H]([C@@H]23)[C@@H]2C(=O)N(c3ccc(C)cc3)C(=O)[C@H]42)cc(OC)c1OC. The fourth-order valence-corrected chi connectivity index (χ4v) is 5.77. The normalized spacial score (nSPS) is 30.7. The molecular formula is C25H24N2O7. The van der Waals surface area contributed by atoms with E-state index in [0.717, 1.165) is 11.1 Å². The van der Waals surface area contributed by atoms with Crippen LogP contribution in [0.2, 0.25) is 0 Å². The molecule has 2 bridgehead atoms. The Morgan fingerprint density at radius 1 is 0.824 bits per heavy atom. The van der Waals surface area contributed by atoms with Gasteiger partial charge in [0.15, 0.2) is 17.6 Å². The molecule has 176 valence electrons. The van der Waals surface area contributed by atoms with Gasteiger partial charge in [0.1, 0.15) is 6.10 Å². The van der Waals surface area contributed by atoms with Crippen LogP contribution in [0.1, 0.15) is 11.1 Å². The van der Waals surface area contributed by atoms with E-state index < -0.39 is 30.1 Å². The van der Waals surface area contributed by atoms with Crippen molar-refractivity contribution in [3.8, 4) is 17.2 Å². The molecule has 2 aromatic carbocycles. The minimum atomic E-state index is -0.575. The molecule has 0 spiro atoms. The van der Waals surface area contributed by atoms with Crippen LogP contribution in [0.5, 0.6) is 17.2 Å². The third-order valence-corrected chi connectivity index (χ3v) is 7.29. The van der Waals surface area contributed by atoms with E-state index >= 15 is 0 Å². The Morgan fingerprint density at radius 3 is 2.03 bits per heavy atom. The van der Waals surface area contributed by atoms with Crippen molar-refractivity contribution in [2.75, 3.05) is 26.2 Å². The van der Waals surface area contributed by atoms with Crippen LogP contribution >= 0.6 is 0 Å². The van der Waals surface area contributed by atoms with Crippen molar-refractivity contribution < 1.29 is 33.4 Å². The number of amides is 2. The van der Waals surface area contributed by atoms with Crippen molar-refractivity contribution in [2.24, 2.45) is 22.9 Å². The Kier molecular flexibility index (Phi) is 4.60. The van der Waals surface area contributed by atoms with Crippen LogP contribution in [0, 0.1) is 24.7 Å². The zero-order valence-electron chi connectivity index (χ0n) is 19.2. The second kappa shape index (κ2) is 7.46. The van der Waals surface area contributed by atoms with Crippen molar-refractivity contribution in [1.82, 2.24) is 0 Å². The molecule has 2 amide bonds. The number of hydrogen-bond acceptors (Lipinski definition) is 8. The van der Waals surface area contributed by atoms with E-state index in [1.165, 1.54) is 4.90 Å². The lowest BCUT2D eigenvalue weighted by Crippen LogP contribution is -2.45. The van der Waals surface area contributed by atoms with Gasteiger partial charge in [-0.3, -0.25) is 9.59 Å². The summed E-state index contributed by atoms with van der Waals surface area (Å²) in [5.74, 6) is -0.465. The van der Waals surface area contributed by atoms with Crippen LogP contribution in [-0.2, 0) is 19.2 Å². The number of fused-ring (bicyclic) bond motifs is 8. The molecule has 3 fully saturated rings. The van der Waals surface area contributed by atoms with Gasteiger partial charge in [0.05, 0.1) is 56.6 Å². The Hall–Kier alpha value is -3.59. The number of rotatable bonds is 5. The summed E-state index contributed by atoms with van der Waals surface area (Å²) < 4.78 is 22.6. The van der Waals surface area contributed by atoms with Gasteiger partial charge in [-0.25, -0.2) is 4.90 Å². The molecule has 9 heteroatoms. The third kappa shape index (κ3) is 2.67. The average molecular weight is 464 g/mol. The van der Waals surface area contributed by atoms with E-state index in [-0.39, 0.29) is 17.7 Å². The number of aryl methyl sites for hydroxylation is 1. The minimum Gasteiger partial charge on any atom is -0.493 e. The quantitative estimate of drug-likeness (QED) is 0.627. The van der Waals surface area contributed by atoms with E-state index in [1.54, 1.807) is 45.6 Å². The summed E-state index contributed by atoms with van der Waals surface area (Å²) in [5, 5.41) is 4.35. The molecule has 0 saturated carbocycles. The monoisotopic (exact) mass is 464 g/mol.